The van der Waals surface area contributed by atoms with Gasteiger partial charge in [0.05, 0.1) is 19.3 Å². The molecule has 1 aliphatic heterocycles. The van der Waals surface area contributed by atoms with Crippen LogP contribution in [0.2, 0.25) is 0 Å². The maximum atomic E-state index is 10.3. The third-order valence-electron chi connectivity index (χ3n) is 4.39. The highest BCUT2D eigenvalue weighted by Crippen LogP contribution is 2.36. The van der Waals surface area contributed by atoms with Gasteiger partial charge >= 0.3 is 0 Å². The van der Waals surface area contributed by atoms with Gasteiger partial charge in [0.2, 0.25) is 0 Å². The lowest BCUT2D eigenvalue weighted by Crippen LogP contribution is -2.43. The van der Waals surface area contributed by atoms with Crippen molar-refractivity contribution < 1.29 is 9.84 Å². The molecule has 0 aromatic heterocycles. The van der Waals surface area contributed by atoms with Gasteiger partial charge in [-0.15, -0.1) is 0 Å². The van der Waals surface area contributed by atoms with Crippen molar-refractivity contribution in [2.24, 2.45) is 5.92 Å². The van der Waals surface area contributed by atoms with Crippen LogP contribution >= 0.6 is 0 Å². The lowest BCUT2D eigenvalue weighted by Gasteiger charge is -2.35. The summed E-state index contributed by atoms with van der Waals surface area (Å²) < 4.78 is 5.23. The summed E-state index contributed by atoms with van der Waals surface area (Å²) in [4.78, 5) is 0. The fraction of sp³-hybridized carbons (Fsp3) is 0.600. The summed E-state index contributed by atoms with van der Waals surface area (Å²) in [6.45, 7) is 0. The average Bonchev–Trinajstić information content (AvgIpc) is 2.91. The molecular formula is C15H21NO2. The summed E-state index contributed by atoms with van der Waals surface area (Å²) in [6, 6.07) is 6.31. The van der Waals surface area contributed by atoms with Crippen molar-refractivity contribution in [2.75, 3.05) is 12.4 Å². The summed E-state index contributed by atoms with van der Waals surface area (Å²) in [6.07, 6.45) is 5.59. The molecule has 98 valence electrons. The number of anilines is 1. The second kappa shape index (κ2) is 4.81. The first-order valence-corrected chi connectivity index (χ1v) is 6.89. The van der Waals surface area contributed by atoms with E-state index in [9.17, 15) is 5.11 Å². The number of aliphatic hydroxyl groups excluding tert-OH is 1. The SMILES string of the molecule is COc1ccc2c(c1)CC(O)C(C1CCCC1)N2. The van der Waals surface area contributed by atoms with Gasteiger partial charge in [-0.3, -0.25) is 0 Å². The number of nitrogens with one attached hydrogen (secondary N) is 1. The van der Waals surface area contributed by atoms with Crippen molar-refractivity contribution in [3.8, 4) is 5.75 Å². The Morgan fingerprint density at radius 2 is 2.06 bits per heavy atom. The largest absolute Gasteiger partial charge is 0.497 e. The molecule has 1 saturated carbocycles. The Morgan fingerprint density at radius 3 is 2.78 bits per heavy atom. The normalized spacial score (nSPS) is 27.7. The van der Waals surface area contributed by atoms with Crippen molar-refractivity contribution in [2.45, 2.75) is 44.2 Å². The third-order valence-corrected chi connectivity index (χ3v) is 4.39. The molecule has 0 saturated heterocycles. The van der Waals surface area contributed by atoms with Crippen LogP contribution in [0.3, 0.4) is 0 Å². The quantitative estimate of drug-likeness (QED) is 0.844. The molecule has 1 fully saturated rings. The molecule has 1 heterocycles. The van der Waals surface area contributed by atoms with Crippen molar-refractivity contribution in [3.05, 3.63) is 23.8 Å². The first-order valence-electron chi connectivity index (χ1n) is 6.89. The summed E-state index contributed by atoms with van der Waals surface area (Å²) in [5, 5.41) is 13.9. The van der Waals surface area contributed by atoms with E-state index in [2.05, 4.69) is 11.4 Å². The molecule has 2 N–H and O–H groups in total. The van der Waals surface area contributed by atoms with Gasteiger partial charge < -0.3 is 15.2 Å². The lowest BCUT2D eigenvalue weighted by molar-refractivity contribution is 0.122. The van der Waals surface area contributed by atoms with Crippen LogP contribution in [0.4, 0.5) is 5.69 Å². The summed E-state index contributed by atoms with van der Waals surface area (Å²) >= 11 is 0. The van der Waals surface area contributed by atoms with E-state index in [1.165, 1.54) is 25.7 Å². The molecular weight excluding hydrogens is 226 g/mol. The highest BCUT2D eigenvalue weighted by molar-refractivity contribution is 5.57. The monoisotopic (exact) mass is 247 g/mol. The number of hydrogen-bond donors (Lipinski definition) is 2. The molecule has 0 radical (unpaired) electrons. The van der Waals surface area contributed by atoms with Crippen LogP contribution in [0.1, 0.15) is 31.2 Å². The molecule has 2 atom stereocenters. The van der Waals surface area contributed by atoms with E-state index in [-0.39, 0.29) is 12.1 Å². The highest BCUT2D eigenvalue weighted by atomic mass is 16.5. The minimum atomic E-state index is -0.271. The number of ether oxygens (including phenoxy) is 1. The number of aliphatic hydroxyl groups is 1. The smallest absolute Gasteiger partial charge is 0.119 e. The Bertz CT molecular complexity index is 427. The second-order valence-corrected chi connectivity index (χ2v) is 5.51. The molecule has 2 aliphatic rings. The molecule has 18 heavy (non-hydrogen) atoms. The number of methoxy groups -OCH3 is 1. The van der Waals surface area contributed by atoms with Gasteiger partial charge in [-0.05, 0) is 42.5 Å². The van der Waals surface area contributed by atoms with Crippen molar-refractivity contribution >= 4 is 5.69 Å². The van der Waals surface area contributed by atoms with Crippen LogP contribution in [-0.4, -0.2) is 24.4 Å². The Balaban J connectivity index is 1.82. The summed E-state index contributed by atoms with van der Waals surface area (Å²) in [5.74, 6) is 1.50. The fourth-order valence-corrected chi connectivity index (χ4v) is 3.38. The molecule has 1 aliphatic carbocycles. The number of benzene rings is 1. The predicted octanol–water partition coefficient (Wildman–Crippen LogP) is 2.58. The first kappa shape index (κ1) is 11.8. The second-order valence-electron chi connectivity index (χ2n) is 5.51. The fourth-order valence-electron chi connectivity index (χ4n) is 3.38. The lowest BCUT2D eigenvalue weighted by atomic mass is 9.86. The van der Waals surface area contributed by atoms with E-state index >= 15 is 0 Å². The summed E-state index contributed by atoms with van der Waals surface area (Å²) in [7, 11) is 1.68. The molecule has 3 heteroatoms. The Morgan fingerprint density at radius 1 is 1.28 bits per heavy atom. The minimum absolute atomic E-state index is 0.230. The number of rotatable bonds is 2. The van der Waals surface area contributed by atoms with Gasteiger partial charge in [-0.25, -0.2) is 0 Å². The zero-order valence-corrected chi connectivity index (χ0v) is 10.9. The van der Waals surface area contributed by atoms with Gasteiger partial charge in [0.1, 0.15) is 5.75 Å². The first-order chi connectivity index (χ1) is 8.78. The highest BCUT2D eigenvalue weighted by Gasteiger charge is 2.34. The van der Waals surface area contributed by atoms with E-state index in [4.69, 9.17) is 4.74 Å². The standard InChI is InChI=1S/C15H21NO2/c1-18-12-6-7-13-11(8-12)9-14(17)15(16-13)10-4-2-3-5-10/h6-8,10,14-17H,2-5,9H2,1H3. The van der Waals surface area contributed by atoms with Crippen LogP contribution in [0, 0.1) is 5.92 Å². The zero-order chi connectivity index (χ0) is 12.5. The molecule has 2 unspecified atom stereocenters. The molecule has 1 aromatic rings. The van der Waals surface area contributed by atoms with E-state index in [1.807, 2.05) is 12.1 Å². The van der Waals surface area contributed by atoms with E-state index in [0.29, 0.717) is 5.92 Å². The molecule has 1 aromatic carbocycles. The Kier molecular flexibility index (Phi) is 3.16. The van der Waals surface area contributed by atoms with Crippen LogP contribution < -0.4 is 10.1 Å². The maximum absolute atomic E-state index is 10.3. The van der Waals surface area contributed by atoms with E-state index in [1.54, 1.807) is 7.11 Å². The van der Waals surface area contributed by atoms with Crippen LogP contribution in [-0.2, 0) is 6.42 Å². The molecule has 0 spiro atoms. The molecule has 3 rings (SSSR count). The Labute approximate surface area is 108 Å². The molecule has 0 bridgehead atoms. The topological polar surface area (TPSA) is 41.5 Å². The minimum Gasteiger partial charge on any atom is -0.497 e. The van der Waals surface area contributed by atoms with Gasteiger partial charge in [-0.2, -0.15) is 0 Å². The van der Waals surface area contributed by atoms with Crippen LogP contribution in [0.5, 0.6) is 5.75 Å². The predicted molar refractivity (Wildman–Crippen MR) is 72.1 cm³/mol. The van der Waals surface area contributed by atoms with Gasteiger partial charge in [0.15, 0.2) is 0 Å². The third kappa shape index (κ3) is 2.07. The molecule has 0 amide bonds. The van der Waals surface area contributed by atoms with Crippen molar-refractivity contribution in [1.82, 2.24) is 0 Å². The molecule has 3 nitrogen and oxygen atoms in total. The number of hydrogen-bond acceptors (Lipinski definition) is 3. The number of fused-ring (bicyclic) bond motifs is 1. The van der Waals surface area contributed by atoms with Crippen molar-refractivity contribution in [1.29, 1.82) is 0 Å². The van der Waals surface area contributed by atoms with E-state index < -0.39 is 0 Å². The van der Waals surface area contributed by atoms with Gasteiger partial charge in [-0.1, -0.05) is 12.8 Å². The van der Waals surface area contributed by atoms with Crippen LogP contribution in [0.25, 0.3) is 0 Å². The Hall–Kier alpha value is -1.22. The maximum Gasteiger partial charge on any atom is 0.119 e. The van der Waals surface area contributed by atoms with Crippen molar-refractivity contribution in [3.63, 3.8) is 0 Å². The average molecular weight is 247 g/mol. The van der Waals surface area contributed by atoms with Gasteiger partial charge in [0.25, 0.3) is 0 Å². The zero-order valence-electron chi connectivity index (χ0n) is 10.9. The van der Waals surface area contributed by atoms with Gasteiger partial charge in [0, 0.05) is 12.1 Å². The van der Waals surface area contributed by atoms with E-state index in [0.717, 1.165) is 23.4 Å². The van der Waals surface area contributed by atoms with Crippen LogP contribution in [0.15, 0.2) is 18.2 Å². The summed E-state index contributed by atoms with van der Waals surface area (Å²) in [5.41, 5.74) is 2.33.